The molecule has 3 rings (SSSR count). The zero-order valence-electron chi connectivity index (χ0n) is 18.4. The van der Waals surface area contributed by atoms with Crippen LogP contribution < -0.4 is 5.43 Å². The van der Waals surface area contributed by atoms with E-state index in [4.69, 9.17) is 0 Å². The highest BCUT2D eigenvalue weighted by Gasteiger charge is 2.10. The maximum absolute atomic E-state index is 4.61. The SMILES string of the molecule is CC(C)CN(Cc1cccc(C=NNc2nc(-c3ccccc3)cs2)c1)CC(C)C. The first-order chi connectivity index (χ1) is 14.5. The molecule has 158 valence electrons. The van der Waals surface area contributed by atoms with Gasteiger partial charge in [-0.15, -0.1) is 11.3 Å². The predicted molar refractivity (Wildman–Crippen MR) is 130 cm³/mol. The molecule has 3 aromatic rings. The van der Waals surface area contributed by atoms with Crippen LogP contribution in [0.2, 0.25) is 0 Å². The topological polar surface area (TPSA) is 40.5 Å². The molecule has 0 radical (unpaired) electrons. The Balaban J connectivity index is 1.60. The third-order valence-corrected chi connectivity index (χ3v) is 5.30. The van der Waals surface area contributed by atoms with Crippen LogP contribution in [0, 0.1) is 11.8 Å². The maximum atomic E-state index is 4.61. The van der Waals surface area contributed by atoms with Crippen molar-refractivity contribution >= 4 is 22.7 Å². The molecule has 0 aliphatic heterocycles. The molecule has 0 unspecified atom stereocenters. The van der Waals surface area contributed by atoms with E-state index in [-0.39, 0.29) is 0 Å². The lowest BCUT2D eigenvalue weighted by atomic mass is 10.1. The van der Waals surface area contributed by atoms with Crippen molar-refractivity contribution < 1.29 is 0 Å². The molecule has 30 heavy (non-hydrogen) atoms. The number of hydrogen-bond donors (Lipinski definition) is 1. The molecule has 0 atom stereocenters. The molecule has 0 spiro atoms. The van der Waals surface area contributed by atoms with Crippen LogP contribution in [0.4, 0.5) is 5.13 Å². The molecule has 0 bridgehead atoms. The van der Waals surface area contributed by atoms with E-state index in [1.54, 1.807) is 11.3 Å². The standard InChI is InChI=1S/C25H32N4S/c1-19(2)15-29(16-20(3)4)17-22-10-8-9-21(13-22)14-26-28-25-27-24(18-30-25)23-11-6-5-7-12-23/h5-14,18-20H,15-17H2,1-4H3,(H,27,28). The Labute approximate surface area is 184 Å². The first-order valence-electron chi connectivity index (χ1n) is 10.6. The van der Waals surface area contributed by atoms with Crippen molar-refractivity contribution in [3.8, 4) is 11.3 Å². The summed E-state index contributed by atoms with van der Waals surface area (Å²) in [6.07, 6.45) is 1.86. The zero-order chi connectivity index (χ0) is 21.3. The summed E-state index contributed by atoms with van der Waals surface area (Å²) in [5, 5.41) is 7.24. The summed E-state index contributed by atoms with van der Waals surface area (Å²) in [7, 11) is 0. The second-order valence-electron chi connectivity index (χ2n) is 8.50. The van der Waals surface area contributed by atoms with Gasteiger partial charge in [-0.1, -0.05) is 76.2 Å². The predicted octanol–water partition coefficient (Wildman–Crippen LogP) is 6.37. The number of thiazole rings is 1. The van der Waals surface area contributed by atoms with E-state index in [1.807, 2.05) is 29.8 Å². The summed E-state index contributed by atoms with van der Waals surface area (Å²) in [6, 6.07) is 18.8. The summed E-state index contributed by atoms with van der Waals surface area (Å²) in [5.74, 6) is 1.33. The minimum Gasteiger partial charge on any atom is -0.299 e. The van der Waals surface area contributed by atoms with Crippen molar-refractivity contribution in [3.05, 3.63) is 71.1 Å². The van der Waals surface area contributed by atoms with Gasteiger partial charge in [-0.2, -0.15) is 5.10 Å². The Kier molecular flexibility index (Phi) is 8.17. The fourth-order valence-corrected chi connectivity index (χ4v) is 4.16. The van der Waals surface area contributed by atoms with Crippen LogP contribution in [0.1, 0.15) is 38.8 Å². The first kappa shape index (κ1) is 22.2. The Hall–Kier alpha value is -2.50. The van der Waals surface area contributed by atoms with Gasteiger partial charge in [0.25, 0.3) is 0 Å². The lowest BCUT2D eigenvalue weighted by Crippen LogP contribution is -2.30. The summed E-state index contributed by atoms with van der Waals surface area (Å²) in [5.41, 5.74) is 7.56. The lowest BCUT2D eigenvalue weighted by molar-refractivity contribution is 0.211. The van der Waals surface area contributed by atoms with Crippen LogP contribution in [0.25, 0.3) is 11.3 Å². The number of anilines is 1. The minimum absolute atomic E-state index is 0.664. The smallest absolute Gasteiger partial charge is 0.203 e. The monoisotopic (exact) mass is 420 g/mol. The summed E-state index contributed by atoms with van der Waals surface area (Å²) >= 11 is 1.56. The van der Waals surface area contributed by atoms with Gasteiger partial charge in [0.1, 0.15) is 0 Å². The Morgan fingerprint density at radius 1 is 1.00 bits per heavy atom. The van der Waals surface area contributed by atoms with Gasteiger partial charge >= 0.3 is 0 Å². The number of rotatable bonds is 10. The summed E-state index contributed by atoms with van der Waals surface area (Å²) in [6.45, 7) is 12.3. The highest BCUT2D eigenvalue weighted by atomic mass is 32.1. The molecule has 1 heterocycles. The first-order valence-corrected chi connectivity index (χ1v) is 11.5. The minimum atomic E-state index is 0.664. The molecule has 0 fully saturated rings. The van der Waals surface area contributed by atoms with Crippen LogP contribution in [0.15, 0.2) is 65.1 Å². The van der Waals surface area contributed by atoms with Crippen molar-refractivity contribution in [2.45, 2.75) is 34.2 Å². The van der Waals surface area contributed by atoms with Crippen molar-refractivity contribution in [3.63, 3.8) is 0 Å². The number of hydrazone groups is 1. The molecule has 0 aliphatic rings. The van der Waals surface area contributed by atoms with Gasteiger partial charge in [0, 0.05) is 30.6 Å². The van der Waals surface area contributed by atoms with Gasteiger partial charge in [0.2, 0.25) is 5.13 Å². The van der Waals surface area contributed by atoms with Crippen LogP contribution in [-0.2, 0) is 6.54 Å². The Morgan fingerprint density at radius 3 is 2.43 bits per heavy atom. The molecule has 2 aromatic carbocycles. The number of benzene rings is 2. The van der Waals surface area contributed by atoms with Crippen LogP contribution in [-0.4, -0.2) is 29.2 Å². The molecule has 5 heteroatoms. The van der Waals surface area contributed by atoms with Gasteiger partial charge in [0.15, 0.2) is 0 Å². The maximum Gasteiger partial charge on any atom is 0.203 e. The molecular weight excluding hydrogens is 388 g/mol. The van der Waals surface area contributed by atoms with E-state index < -0.39 is 0 Å². The zero-order valence-corrected chi connectivity index (χ0v) is 19.2. The van der Waals surface area contributed by atoms with E-state index in [0.717, 1.165) is 41.6 Å². The third-order valence-electron chi connectivity index (χ3n) is 4.55. The van der Waals surface area contributed by atoms with E-state index in [1.165, 1.54) is 5.56 Å². The van der Waals surface area contributed by atoms with Gasteiger partial charge in [-0.05, 0) is 29.0 Å². The second-order valence-corrected chi connectivity index (χ2v) is 9.36. The van der Waals surface area contributed by atoms with Gasteiger partial charge in [-0.3, -0.25) is 10.3 Å². The molecule has 0 saturated heterocycles. The molecule has 1 aromatic heterocycles. The van der Waals surface area contributed by atoms with Crippen LogP contribution >= 0.6 is 11.3 Å². The lowest BCUT2D eigenvalue weighted by Gasteiger charge is -2.26. The number of nitrogens with one attached hydrogen (secondary N) is 1. The van der Waals surface area contributed by atoms with E-state index in [0.29, 0.717) is 11.8 Å². The molecule has 4 nitrogen and oxygen atoms in total. The number of aromatic nitrogens is 1. The number of nitrogens with zero attached hydrogens (tertiary/aromatic N) is 3. The fraction of sp³-hybridized carbons (Fsp3) is 0.360. The quantitative estimate of drug-likeness (QED) is 0.306. The normalized spacial score (nSPS) is 11.8. The van der Waals surface area contributed by atoms with E-state index >= 15 is 0 Å². The fourth-order valence-electron chi connectivity index (χ4n) is 3.50. The number of hydrogen-bond acceptors (Lipinski definition) is 5. The molecule has 0 aliphatic carbocycles. The average molecular weight is 421 g/mol. The van der Waals surface area contributed by atoms with Crippen molar-refractivity contribution in [1.82, 2.24) is 9.88 Å². The van der Waals surface area contributed by atoms with Crippen molar-refractivity contribution in [1.29, 1.82) is 0 Å². The Morgan fingerprint density at radius 2 is 1.73 bits per heavy atom. The van der Waals surface area contributed by atoms with Gasteiger partial charge in [0.05, 0.1) is 11.9 Å². The van der Waals surface area contributed by atoms with Crippen molar-refractivity contribution in [2.75, 3.05) is 18.5 Å². The highest BCUT2D eigenvalue weighted by molar-refractivity contribution is 7.14. The summed E-state index contributed by atoms with van der Waals surface area (Å²) in [4.78, 5) is 7.16. The van der Waals surface area contributed by atoms with E-state index in [9.17, 15) is 0 Å². The molecule has 0 saturated carbocycles. The molecular formula is C25H32N4S. The largest absolute Gasteiger partial charge is 0.299 e. The van der Waals surface area contributed by atoms with Crippen molar-refractivity contribution in [2.24, 2.45) is 16.9 Å². The molecule has 1 N–H and O–H groups in total. The Bertz CT molecular complexity index is 921. The van der Waals surface area contributed by atoms with Crippen LogP contribution in [0.5, 0.6) is 0 Å². The summed E-state index contributed by atoms with van der Waals surface area (Å²) < 4.78 is 0. The van der Waals surface area contributed by atoms with Gasteiger partial charge < -0.3 is 0 Å². The van der Waals surface area contributed by atoms with E-state index in [2.05, 4.69) is 84.5 Å². The average Bonchev–Trinajstić information content (AvgIpc) is 3.17. The highest BCUT2D eigenvalue weighted by Crippen LogP contribution is 2.24. The third kappa shape index (κ3) is 7.08. The van der Waals surface area contributed by atoms with Crippen LogP contribution in [0.3, 0.4) is 0 Å². The second kappa shape index (κ2) is 11.0. The molecule has 0 amide bonds. The van der Waals surface area contributed by atoms with Gasteiger partial charge in [-0.25, -0.2) is 4.98 Å².